The molecule has 0 aliphatic carbocycles. The molecule has 5 nitrogen and oxygen atoms in total. The Balaban J connectivity index is 1.73. The minimum Gasteiger partial charge on any atom is -0.339 e. The molecular weight excluding hydrogens is 338 g/mol. The first-order valence-electron chi connectivity index (χ1n) is 7.94. The zero-order valence-corrected chi connectivity index (χ0v) is 14.1. The van der Waals surface area contributed by atoms with Gasteiger partial charge >= 0.3 is 5.76 Å². The van der Waals surface area contributed by atoms with Gasteiger partial charge in [0, 0.05) is 30.7 Å². The quantitative estimate of drug-likeness (QED) is 0.894. The molecule has 2 fully saturated rings. The van der Waals surface area contributed by atoms with Crippen molar-refractivity contribution in [2.75, 3.05) is 7.05 Å². The minimum absolute atomic E-state index is 0.140. The smallest absolute Gasteiger partial charge is 0.339 e. The van der Waals surface area contributed by atoms with Crippen molar-refractivity contribution in [2.24, 2.45) is 0 Å². The molecule has 0 saturated carbocycles. The first-order chi connectivity index (χ1) is 11.3. The number of sulfone groups is 1. The highest BCUT2D eigenvalue weighted by Crippen LogP contribution is 2.30. The normalized spacial score (nSPS) is 26.6. The monoisotopic (exact) mass is 358 g/mol. The maximum Gasteiger partial charge on any atom is 0.341 e. The lowest BCUT2D eigenvalue weighted by atomic mass is 9.98. The second-order valence-electron chi connectivity index (χ2n) is 6.51. The van der Waals surface area contributed by atoms with Gasteiger partial charge in [-0.2, -0.15) is 8.78 Å². The maximum absolute atomic E-state index is 12.6. The van der Waals surface area contributed by atoms with Crippen LogP contribution < -0.4 is 5.32 Å². The summed E-state index contributed by atoms with van der Waals surface area (Å²) < 4.78 is 47.9. The lowest BCUT2D eigenvalue weighted by Gasteiger charge is -2.35. The van der Waals surface area contributed by atoms with Gasteiger partial charge in [-0.1, -0.05) is 0 Å². The van der Waals surface area contributed by atoms with Crippen LogP contribution in [0.5, 0.6) is 0 Å². The molecule has 132 valence electrons. The van der Waals surface area contributed by atoms with E-state index in [4.69, 9.17) is 0 Å². The van der Waals surface area contributed by atoms with Crippen molar-refractivity contribution in [1.29, 1.82) is 0 Å². The summed E-state index contributed by atoms with van der Waals surface area (Å²) in [6, 6.07) is 5.75. The van der Waals surface area contributed by atoms with E-state index in [1.807, 2.05) is 0 Å². The third kappa shape index (κ3) is 3.17. The molecule has 0 radical (unpaired) electrons. The SMILES string of the molecule is CN(C(=O)c1ccc(S(=O)(=O)C(F)F)cc1)C1CC2CCC(C1)N2. The number of halogens is 2. The van der Waals surface area contributed by atoms with Crippen LogP contribution in [0.25, 0.3) is 0 Å². The summed E-state index contributed by atoms with van der Waals surface area (Å²) >= 11 is 0. The molecule has 8 heteroatoms. The van der Waals surface area contributed by atoms with E-state index < -0.39 is 20.5 Å². The Morgan fingerprint density at radius 2 is 1.71 bits per heavy atom. The molecule has 0 spiro atoms. The Labute approximate surface area is 139 Å². The average Bonchev–Trinajstić information content (AvgIpc) is 2.91. The van der Waals surface area contributed by atoms with E-state index in [-0.39, 0.29) is 11.9 Å². The van der Waals surface area contributed by atoms with Crippen molar-refractivity contribution in [3.63, 3.8) is 0 Å². The van der Waals surface area contributed by atoms with Crippen LogP contribution in [0.2, 0.25) is 0 Å². The molecule has 2 unspecified atom stereocenters. The standard InChI is InChI=1S/C16H20F2N2O3S/c1-20(13-8-11-4-5-12(9-13)19-11)15(21)10-2-6-14(7-3-10)24(22,23)16(17)18/h2-3,6-7,11-13,16,19H,4-5,8-9H2,1H3. The first-order valence-corrected chi connectivity index (χ1v) is 9.49. The van der Waals surface area contributed by atoms with Crippen molar-refractivity contribution in [3.8, 4) is 0 Å². The Morgan fingerprint density at radius 3 is 2.21 bits per heavy atom. The number of hydrogen-bond donors (Lipinski definition) is 1. The molecule has 2 atom stereocenters. The maximum atomic E-state index is 12.6. The molecule has 2 bridgehead atoms. The van der Waals surface area contributed by atoms with Crippen LogP contribution in [0.4, 0.5) is 8.78 Å². The number of nitrogens with one attached hydrogen (secondary N) is 1. The molecule has 1 aromatic carbocycles. The van der Waals surface area contributed by atoms with Gasteiger partial charge in [-0.15, -0.1) is 0 Å². The molecule has 2 aliphatic heterocycles. The van der Waals surface area contributed by atoms with Gasteiger partial charge in [-0.05, 0) is 49.9 Å². The fourth-order valence-electron chi connectivity index (χ4n) is 3.60. The molecule has 1 aromatic rings. The van der Waals surface area contributed by atoms with Gasteiger partial charge in [0.05, 0.1) is 4.90 Å². The fourth-order valence-corrected chi connectivity index (χ4v) is 4.32. The molecule has 2 heterocycles. The highest BCUT2D eigenvalue weighted by Gasteiger charge is 2.36. The molecule has 2 saturated heterocycles. The van der Waals surface area contributed by atoms with Crippen LogP contribution >= 0.6 is 0 Å². The molecule has 1 amide bonds. The van der Waals surface area contributed by atoms with Crippen LogP contribution in [0.1, 0.15) is 36.0 Å². The fraction of sp³-hybridized carbons (Fsp3) is 0.562. The number of carbonyl (C=O) groups is 1. The number of amides is 1. The van der Waals surface area contributed by atoms with Gasteiger partial charge in [-0.25, -0.2) is 8.42 Å². The molecule has 3 rings (SSSR count). The van der Waals surface area contributed by atoms with E-state index in [1.54, 1.807) is 11.9 Å². The Hall–Kier alpha value is -1.54. The summed E-state index contributed by atoms with van der Waals surface area (Å²) in [6.45, 7) is 0. The zero-order chi connectivity index (χ0) is 17.5. The number of alkyl halides is 2. The van der Waals surface area contributed by atoms with Gasteiger partial charge in [-0.3, -0.25) is 4.79 Å². The summed E-state index contributed by atoms with van der Waals surface area (Å²) in [5, 5.41) is 3.51. The molecule has 1 N–H and O–H groups in total. The summed E-state index contributed by atoms with van der Waals surface area (Å²) in [7, 11) is -2.90. The van der Waals surface area contributed by atoms with Crippen LogP contribution in [0, 0.1) is 0 Å². The second kappa shape index (κ2) is 6.40. The highest BCUT2D eigenvalue weighted by atomic mass is 32.2. The van der Waals surface area contributed by atoms with E-state index in [0.29, 0.717) is 17.6 Å². The van der Waals surface area contributed by atoms with Crippen molar-refractivity contribution in [3.05, 3.63) is 29.8 Å². The lowest BCUT2D eigenvalue weighted by molar-refractivity contribution is 0.0681. The van der Waals surface area contributed by atoms with E-state index in [9.17, 15) is 22.0 Å². The van der Waals surface area contributed by atoms with E-state index in [2.05, 4.69) is 5.32 Å². The Kier molecular flexibility index (Phi) is 4.61. The van der Waals surface area contributed by atoms with Crippen LogP contribution in [-0.4, -0.2) is 50.2 Å². The topological polar surface area (TPSA) is 66.5 Å². The van der Waals surface area contributed by atoms with Gasteiger partial charge in [0.2, 0.25) is 9.84 Å². The van der Waals surface area contributed by atoms with E-state index >= 15 is 0 Å². The summed E-state index contributed by atoms with van der Waals surface area (Å²) in [5.41, 5.74) is 0.302. The summed E-state index contributed by atoms with van der Waals surface area (Å²) in [4.78, 5) is 13.8. The molecule has 0 aromatic heterocycles. The highest BCUT2D eigenvalue weighted by molar-refractivity contribution is 7.91. The Bertz CT molecular complexity index is 709. The van der Waals surface area contributed by atoms with Gasteiger partial charge < -0.3 is 10.2 Å². The zero-order valence-electron chi connectivity index (χ0n) is 13.3. The number of nitrogens with zero attached hydrogens (tertiary/aromatic N) is 1. The molecule has 2 aliphatic rings. The first kappa shape index (κ1) is 17.3. The predicted octanol–water partition coefficient (Wildman–Crippen LogP) is 2.04. The van der Waals surface area contributed by atoms with E-state index in [0.717, 1.165) is 37.8 Å². The summed E-state index contributed by atoms with van der Waals surface area (Å²) in [6.07, 6.45) is 4.06. The van der Waals surface area contributed by atoms with Crippen molar-refractivity contribution >= 4 is 15.7 Å². The lowest BCUT2D eigenvalue weighted by Crippen LogP contribution is -2.48. The van der Waals surface area contributed by atoms with Crippen molar-refractivity contribution < 1.29 is 22.0 Å². The second-order valence-corrected chi connectivity index (χ2v) is 8.43. The number of rotatable bonds is 4. The van der Waals surface area contributed by atoms with Crippen LogP contribution in [-0.2, 0) is 9.84 Å². The van der Waals surface area contributed by atoms with Gasteiger partial charge in [0.15, 0.2) is 0 Å². The number of fused-ring (bicyclic) bond motifs is 2. The number of benzene rings is 1. The van der Waals surface area contributed by atoms with Crippen LogP contribution in [0.3, 0.4) is 0 Å². The van der Waals surface area contributed by atoms with Crippen LogP contribution in [0.15, 0.2) is 29.2 Å². The van der Waals surface area contributed by atoms with Crippen molar-refractivity contribution in [1.82, 2.24) is 10.2 Å². The largest absolute Gasteiger partial charge is 0.341 e. The Morgan fingerprint density at radius 1 is 1.17 bits per heavy atom. The van der Waals surface area contributed by atoms with E-state index in [1.165, 1.54) is 12.1 Å². The predicted molar refractivity (Wildman–Crippen MR) is 84.7 cm³/mol. The van der Waals surface area contributed by atoms with Gasteiger partial charge in [0.25, 0.3) is 5.91 Å². The third-order valence-electron chi connectivity index (χ3n) is 4.98. The molecular formula is C16H20F2N2O3S. The number of piperidine rings is 1. The number of carbonyl (C=O) groups excluding carboxylic acids is 1. The minimum atomic E-state index is -4.63. The summed E-state index contributed by atoms with van der Waals surface area (Å²) in [5.74, 6) is -3.69. The van der Waals surface area contributed by atoms with Crippen molar-refractivity contribution in [2.45, 2.75) is 54.5 Å². The third-order valence-corrected chi connectivity index (χ3v) is 6.38. The van der Waals surface area contributed by atoms with Gasteiger partial charge in [0.1, 0.15) is 0 Å². The molecule has 24 heavy (non-hydrogen) atoms. The number of hydrogen-bond acceptors (Lipinski definition) is 4. The average molecular weight is 358 g/mol.